The van der Waals surface area contributed by atoms with Crippen molar-refractivity contribution in [1.29, 1.82) is 5.26 Å². The maximum Gasteiger partial charge on any atom is 0.149 e. The molecule has 4 rings (SSSR count). The third-order valence-electron chi connectivity index (χ3n) is 4.68. The molecule has 0 amide bonds. The highest BCUT2D eigenvalue weighted by Gasteiger charge is 2.11. The van der Waals surface area contributed by atoms with Crippen molar-refractivity contribution in [1.82, 2.24) is 9.97 Å². The molecule has 0 bridgehead atoms. The van der Waals surface area contributed by atoms with Crippen LogP contribution in [0, 0.1) is 18.3 Å². The third kappa shape index (κ3) is 4.94. The second kappa shape index (κ2) is 9.15. The van der Waals surface area contributed by atoms with Crippen LogP contribution in [0.3, 0.4) is 0 Å². The summed E-state index contributed by atoms with van der Waals surface area (Å²) in [6.07, 6.45) is 1.76. The molecule has 3 aromatic carbocycles. The number of benzene rings is 3. The van der Waals surface area contributed by atoms with Crippen LogP contribution in [-0.2, 0) is 6.61 Å². The van der Waals surface area contributed by atoms with E-state index in [1.165, 1.54) is 0 Å². The summed E-state index contributed by atoms with van der Waals surface area (Å²) in [6, 6.07) is 19.1. The largest absolute Gasteiger partial charge is 0.488 e. The number of allylic oxidation sites excluding steroid dienone is 1. The van der Waals surface area contributed by atoms with Crippen LogP contribution < -0.4 is 4.74 Å². The summed E-state index contributed by atoms with van der Waals surface area (Å²) in [7, 11) is 0. The summed E-state index contributed by atoms with van der Waals surface area (Å²) >= 11 is 15.7. The molecule has 4 nitrogen and oxygen atoms in total. The highest BCUT2D eigenvalue weighted by Crippen LogP contribution is 2.30. The number of aromatic nitrogens is 2. The van der Waals surface area contributed by atoms with Gasteiger partial charge in [0, 0.05) is 25.6 Å². The van der Waals surface area contributed by atoms with Gasteiger partial charge in [-0.1, -0.05) is 51.3 Å². The van der Waals surface area contributed by atoms with E-state index < -0.39 is 0 Å². The van der Waals surface area contributed by atoms with Gasteiger partial charge >= 0.3 is 0 Å². The van der Waals surface area contributed by atoms with Gasteiger partial charge in [-0.3, -0.25) is 0 Å². The van der Waals surface area contributed by atoms with Crippen LogP contribution in [0.1, 0.15) is 22.5 Å². The molecule has 0 atom stereocenters. The molecule has 7 heteroatoms. The highest BCUT2D eigenvalue weighted by molar-refractivity contribution is 9.10. The lowest BCUT2D eigenvalue weighted by Crippen LogP contribution is -1.98. The molecule has 0 spiro atoms. The Bertz CT molecular complexity index is 1350. The number of nitrogens with zero attached hydrogens (tertiary/aromatic N) is 2. The van der Waals surface area contributed by atoms with Gasteiger partial charge in [0.25, 0.3) is 0 Å². The summed E-state index contributed by atoms with van der Waals surface area (Å²) in [5.41, 5.74) is 4.78. The van der Waals surface area contributed by atoms with E-state index in [1.807, 2.05) is 49.4 Å². The maximum atomic E-state index is 9.79. The highest BCUT2D eigenvalue weighted by atomic mass is 79.9. The van der Waals surface area contributed by atoms with Gasteiger partial charge in [-0.15, -0.1) is 0 Å². The van der Waals surface area contributed by atoms with Crippen LogP contribution in [-0.4, -0.2) is 9.97 Å². The van der Waals surface area contributed by atoms with Gasteiger partial charge < -0.3 is 9.72 Å². The summed E-state index contributed by atoms with van der Waals surface area (Å²) in [5.74, 6) is 1.13. The molecule has 4 aromatic rings. The summed E-state index contributed by atoms with van der Waals surface area (Å²) < 4.78 is 6.89. The molecule has 0 aliphatic rings. The normalized spacial score (nSPS) is 11.5. The van der Waals surface area contributed by atoms with E-state index in [0.29, 0.717) is 27.2 Å². The number of aromatic amines is 1. The molecule has 0 unspecified atom stereocenters. The number of nitriles is 1. The van der Waals surface area contributed by atoms with Crippen molar-refractivity contribution < 1.29 is 4.74 Å². The van der Waals surface area contributed by atoms with E-state index in [1.54, 1.807) is 18.2 Å². The molecule has 1 heterocycles. The number of fused-ring (bicyclic) bond motifs is 1. The first-order valence-electron chi connectivity index (χ1n) is 9.38. The van der Waals surface area contributed by atoms with E-state index in [0.717, 1.165) is 32.2 Å². The molecular weight excluding hydrogens is 497 g/mol. The number of H-pyrrole nitrogens is 1. The van der Waals surface area contributed by atoms with Crippen LogP contribution in [0.5, 0.6) is 5.75 Å². The fourth-order valence-corrected chi connectivity index (χ4v) is 3.96. The molecule has 1 N–H and O–H groups in total. The van der Waals surface area contributed by atoms with Gasteiger partial charge in [0.05, 0.1) is 16.6 Å². The zero-order chi connectivity index (χ0) is 22.0. The lowest BCUT2D eigenvalue weighted by molar-refractivity contribution is 0.305. The van der Waals surface area contributed by atoms with Gasteiger partial charge in [0.15, 0.2) is 0 Å². The number of halogens is 3. The smallest absolute Gasteiger partial charge is 0.149 e. The number of imidazole rings is 1. The monoisotopic (exact) mass is 511 g/mol. The topological polar surface area (TPSA) is 61.7 Å². The minimum absolute atomic E-state index is 0.268. The van der Waals surface area contributed by atoms with E-state index in [-0.39, 0.29) is 6.61 Å². The molecule has 0 aliphatic heterocycles. The first kappa shape index (κ1) is 21.5. The van der Waals surface area contributed by atoms with Gasteiger partial charge in [0.2, 0.25) is 0 Å². The molecule has 0 saturated carbocycles. The van der Waals surface area contributed by atoms with Crippen LogP contribution in [0.4, 0.5) is 0 Å². The Morgan fingerprint density at radius 2 is 2.00 bits per heavy atom. The number of hydrogen-bond donors (Lipinski definition) is 1. The third-order valence-corrected chi connectivity index (χ3v) is 5.76. The van der Waals surface area contributed by atoms with Crippen molar-refractivity contribution in [2.45, 2.75) is 13.5 Å². The fraction of sp³-hybridized carbons (Fsp3) is 0.0833. The van der Waals surface area contributed by atoms with E-state index in [4.69, 9.17) is 27.9 Å². The first-order chi connectivity index (χ1) is 14.9. The van der Waals surface area contributed by atoms with E-state index in [9.17, 15) is 5.26 Å². The van der Waals surface area contributed by atoms with E-state index >= 15 is 0 Å². The minimum atomic E-state index is 0.268. The number of ether oxygens (including phenoxy) is 1. The van der Waals surface area contributed by atoms with Crippen LogP contribution in [0.25, 0.3) is 22.7 Å². The van der Waals surface area contributed by atoms with Gasteiger partial charge in [0.1, 0.15) is 24.3 Å². The summed E-state index contributed by atoms with van der Waals surface area (Å²) in [4.78, 5) is 7.79. The zero-order valence-electron chi connectivity index (χ0n) is 16.4. The second-order valence-electron chi connectivity index (χ2n) is 6.98. The van der Waals surface area contributed by atoms with Crippen molar-refractivity contribution in [2.24, 2.45) is 0 Å². The number of hydrogen-bond acceptors (Lipinski definition) is 3. The Hall–Kier alpha value is -2.78. The Balaban J connectivity index is 1.68. The summed E-state index contributed by atoms with van der Waals surface area (Å²) in [5, 5.41) is 10.9. The molecule has 154 valence electrons. The molecule has 0 radical (unpaired) electrons. The average Bonchev–Trinajstić information content (AvgIpc) is 3.15. The SMILES string of the molecule is Cc1ccc2nc(/C(C#N)=C/c3cc(Br)ccc3OCc3ccc(Cl)cc3Cl)[nH]c2c1. The Kier molecular flexibility index (Phi) is 6.33. The van der Waals surface area contributed by atoms with Gasteiger partial charge in [-0.2, -0.15) is 5.26 Å². The quantitative estimate of drug-likeness (QED) is 0.280. The lowest BCUT2D eigenvalue weighted by Gasteiger charge is -2.11. The average molecular weight is 513 g/mol. The predicted octanol–water partition coefficient (Wildman–Crippen LogP) is 7.58. The molecule has 1 aromatic heterocycles. The summed E-state index contributed by atoms with van der Waals surface area (Å²) in [6.45, 7) is 2.28. The number of aryl methyl sites for hydroxylation is 1. The second-order valence-corrected chi connectivity index (χ2v) is 8.74. The molecule has 0 saturated heterocycles. The first-order valence-corrected chi connectivity index (χ1v) is 10.9. The number of nitrogens with one attached hydrogen (secondary N) is 1. The Morgan fingerprint density at radius 3 is 2.77 bits per heavy atom. The Morgan fingerprint density at radius 1 is 1.16 bits per heavy atom. The fourth-order valence-electron chi connectivity index (χ4n) is 3.12. The van der Waals surface area contributed by atoms with Crippen molar-refractivity contribution >= 4 is 61.8 Å². The molecular formula is C24H16BrCl2N3O. The van der Waals surface area contributed by atoms with Crippen molar-refractivity contribution in [2.75, 3.05) is 0 Å². The van der Waals surface area contributed by atoms with Crippen LogP contribution >= 0.6 is 39.1 Å². The zero-order valence-corrected chi connectivity index (χ0v) is 19.5. The van der Waals surface area contributed by atoms with Crippen molar-refractivity contribution in [3.05, 3.63) is 91.6 Å². The maximum absolute atomic E-state index is 9.79. The van der Waals surface area contributed by atoms with Gasteiger partial charge in [-0.25, -0.2) is 4.98 Å². The van der Waals surface area contributed by atoms with Crippen LogP contribution in [0.2, 0.25) is 10.0 Å². The van der Waals surface area contributed by atoms with Crippen molar-refractivity contribution in [3.8, 4) is 11.8 Å². The standard InChI is InChI=1S/C24H16BrCl2N3O/c1-14-2-6-21-22(8-14)30-24(29-21)17(12-28)9-16-10-18(25)4-7-23(16)31-13-15-3-5-19(26)11-20(15)27/h2-11H,13H2,1H3,(H,29,30)/b17-9+. The molecule has 31 heavy (non-hydrogen) atoms. The Labute approximate surface area is 198 Å². The molecule has 0 aliphatic carbocycles. The van der Waals surface area contributed by atoms with Gasteiger partial charge in [-0.05, 0) is 61.0 Å². The minimum Gasteiger partial charge on any atom is -0.488 e. The van der Waals surface area contributed by atoms with E-state index in [2.05, 4.69) is 32.0 Å². The predicted molar refractivity (Wildman–Crippen MR) is 129 cm³/mol. The van der Waals surface area contributed by atoms with Crippen molar-refractivity contribution in [3.63, 3.8) is 0 Å². The lowest BCUT2D eigenvalue weighted by atomic mass is 10.1. The number of rotatable bonds is 5. The molecule has 0 fully saturated rings. The van der Waals surface area contributed by atoms with Crippen LogP contribution in [0.15, 0.2) is 59.1 Å².